The van der Waals surface area contributed by atoms with E-state index in [0.717, 1.165) is 62.3 Å². The third-order valence-corrected chi connectivity index (χ3v) is 24.7. The fraction of sp³-hybridized carbons (Fsp3) is 0.0976. The van der Waals surface area contributed by atoms with E-state index in [2.05, 4.69) is 359 Å². The van der Waals surface area contributed by atoms with Crippen molar-refractivity contribution in [2.75, 3.05) is 14.7 Å². The summed E-state index contributed by atoms with van der Waals surface area (Å²) >= 11 is 12.4. The van der Waals surface area contributed by atoms with Crippen molar-refractivity contribution in [3.63, 3.8) is 0 Å². The Morgan fingerprint density at radius 1 is 0.326 bits per heavy atom. The van der Waals surface area contributed by atoms with Gasteiger partial charge in [-0.1, -0.05) is 265 Å². The second-order valence-corrected chi connectivity index (χ2v) is 31.2. The normalized spacial score (nSPS) is 12.0. The number of halogens is 1. The highest BCUT2D eigenvalue weighted by molar-refractivity contribution is 7.26. The number of fused-ring (bicyclic) bond motifs is 4. The lowest BCUT2D eigenvalue weighted by atomic mass is 9.86. The molecule has 0 atom stereocenters. The zero-order valence-corrected chi connectivity index (χ0v) is 54.3. The molecule has 0 bridgehead atoms. The first-order chi connectivity index (χ1) is 43.3. The summed E-state index contributed by atoms with van der Waals surface area (Å²) in [6, 6.07) is 110. The van der Waals surface area contributed by atoms with Crippen molar-refractivity contribution >= 4 is 145 Å². The molecule has 0 fully saturated rings. The van der Waals surface area contributed by atoms with Crippen molar-refractivity contribution in [1.82, 2.24) is 0 Å². The first-order valence-corrected chi connectivity index (χ1v) is 34.6. The van der Waals surface area contributed by atoms with Crippen LogP contribution in [-0.4, -0.2) is 8.07 Å². The largest absolute Gasteiger partial charge is 0.310 e. The van der Waals surface area contributed by atoms with Crippen LogP contribution in [0.2, 0.25) is 5.02 Å². The molecule has 89 heavy (non-hydrogen) atoms. The lowest BCUT2D eigenvalue weighted by molar-refractivity contribution is 0.590. The molecular formula is C82H68ClN3S2Si. The van der Waals surface area contributed by atoms with Gasteiger partial charge < -0.3 is 14.7 Å². The lowest BCUT2D eigenvalue weighted by Gasteiger charge is -2.38. The molecule has 0 spiro atoms. The minimum absolute atomic E-state index is 0.0700. The van der Waals surface area contributed by atoms with Crippen molar-refractivity contribution in [1.29, 1.82) is 0 Å². The van der Waals surface area contributed by atoms with Crippen LogP contribution in [0.4, 0.5) is 51.2 Å². The first-order valence-electron chi connectivity index (χ1n) is 30.6. The summed E-state index contributed by atoms with van der Waals surface area (Å²) in [4.78, 5) is 7.36. The summed E-state index contributed by atoms with van der Waals surface area (Å²) in [5.41, 5.74) is 13.6. The minimum Gasteiger partial charge on any atom is -0.310 e. The van der Waals surface area contributed by atoms with Gasteiger partial charge in [-0.2, -0.15) is 0 Å². The monoisotopic (exact) mass is 1220 g/mol. The number of para-hydroxylation sites is 2. The first kappa shape index (κ1) is 57.5. The average Bonchev–Trinajstić information content (AvgIpc) is 1.27. The summed E-state index contributed by atoms with van der Waals surface area (Å²) in [7, 11) is -3.34. The third kappa shape index (κ3) is 10.6. The van der Waals surface area contributed by atoms with Crippen molar-refractivity contribution in [3.05, 3.63) is 319 Å². The van der Waals surface area contributed by atoms with Gasteiger partial charge in [0, 0.05) is 59.3 Å². The van der Waals surface area contributed by atoms with Crippen LogP contribution in [-0.2, 0) is 10.8 Å². The molecule has 0 saturated heterocycles. The van der Waals surface area contributed by atoms with E-state index >= 15 is 0 Å². The van der Waals surface area contributed by atoms with Gasteiger partial charge in [0.15, 0.2) is 8.07 Å². The molecule has 0 aliphatic heterocycles. The lowest BCUT2D eigenvalue weighted by Crippen LogP contribution is -2.74. The van der Waals surface area contributed by atoms with Crippen LogP contribution in [0.1, 0.15) is 52.7 Å². The van der Waals surface area contributed by atoms with Crippen LogP contribution in [0.3, 0.4) is 0 Å². The highest BCUT2D eigenvalue weighted by atomic mass is 35.5. The number of nitrogens with zero attached hydrogens (tertiary/aromatic N) is 3. The molecule has 3 nitrogen and oxygen atoms in total. The maximum absolute atomic E-state index is 8.82. The number of rotatable bonds is 14. The summed E-state index contributed by atoms with van der Waals surface area (Å²) < 4.78 is 3.61. The van der Waals surface area contributed by atoms with E-state index in [-0.39, 0.29) is 10.8 Å². The van der Waals surface area contributed by atoms with Gasteiger partial charge in [-0.3, -0.25) is 0 Å². The molecule has 0 aliphatic carbocycles. The second-order valence-electron chi connectivity index (χ2n) is 25.1. The summed E-state index contributed by atoms with van der Waals surface area (Å²) in [6.45, 7) is 13.8. The Labute approximate surface area is 537 Å². The SMILES string of the molecule is CC(C)(C)c1ccc(N(c2cc([Si](c3ccccc3)(c3ccccc3)c3ccccc3)cc(N(c3cccc(N(c4ccccc4)c4ccccc4-c4ccccc4)c3)c3cccc4c3sc3ccccc34)c2Cl)c2csc3ccc(C(C)(C)C)cc23)cc1. The van der Waals surface area contributed by atoms with Gasteiger partial charge >= 0.3 is 0 Å². The van der Waals surface area contributed by atoms with Crippen LogP contribution < -0.4 is 35.4 Å². The highest BCUT2D eigenvalue weighted by Gasteiger charge is 2.43. The highest BCUT2D eigenvalue weighted by Crippen LogP contribution is 2.53. The van der Waals surface area contributed by atoms with Gasteiger partial charge in [-0.25, -0.2) is 0 Å². The zero-order chi connectivity index (χ0) is 60.9. The van der Waals surface area contributed by atoms with Crippen molar-refractivity contribution in [3.8, 4) is 11.1 Å². The number of benzene rings is 12. The smallest absolute Gasteiger partial charge is 0.179 e. The Morgan fingerprint density at radius 3 is 1.42 bits per heavy atom. The standard InChI is InChI=1S/C82H68ClN3S2Si/c1-81(2,3)58-46-49-61(50-47-58)85(76-56-87-77-51-48-59(52-71(76)77)82(4,5)6)74-54-67(89(64-34-16-9-17-35-64,65-36-18-10-19-37-65)66-38-20-11-21-39-66)55-75(79(74)83)86(73-44-27-42-70-69-41-23-25-45-78(69)88-80(70)73)63-33-26-32-62(53-63)84(60-30-14-8-15-31-60)72-43-24-22-40-68(72)57-28-12-7-13-29-57/h7-56H,1-6H3. The Balaban J connectivity index is 1.14. The molecule has 12 aromatic carbocycles. The molecule has 0 aliphatic rings. The summed E-state index contributed by atoms with van der Waals surface area (Å²) in [6.07, 6.45) is 0. The number of hydrogen-bond donors (Lipinski definition) is 0. The van der Waals surface area contributed by atoms with E-state index in [1.165, 1.54) is 62.1 Å². The van der Waals surface area contributed by atoms with Crippen molar-refractivity contribution in [2.45, 2.75) is 52.4 Å². The Hall–Kier alpha value is -9.27. The van der Waals surface area contributed by atoms with E-state index in [1.807, 2.05) is 11.3 Å². The van der Waals surface area contributed by atoms with E-state index in [4.69, 9.17) is 11.6 Å². The molecule has 2 heterocycles. The number of hydrogen-bond acceptors (Lipinski definition) is 5. The van der Waals surface area contributed by atoms with Gasteiger partial charge in [0.25, 0.3) is 0 Å². The molecule has 434 valence electrons. The van der Waals surface area contributed by atoms with E-state index < -0.39 is 8.07 Å². The van der Waals surface area contributed by atoms with Crippen molar-refractivity contribution in [2.24, 2.45) is 0 Å². The van der Waals surface area contributed by atoms with Gasteiger partial charge in [-0.05, 0) is 133 Å². The summed E-state index contributed by atoms with van der Waals surface area (Å²) in [5, 5.41) is 11.6. The Kier molecular flexibility index (Phi) is 15.3. The van der Waals surface area contributed by atoms with Crippen LogP contribution >= 0.6 is 34.3 Å². The van der Waals surface area contributed by atoms with E-state index in [1.54, 1.807) is 11.3 Å². The average molecular weight is 1220 g/mol. The molecule has 0 amide bonds. The van der Waals surface area contributed by atoms with Crippen LogP contribution in [0, 0.1) is 0 Å². The van der Waals surface area contributed by atoms with Gasteiger partial charge in [0.2, 0.25) is 0 Å². The predicted octanol–water partition coefficient (Wildman–Crippen LogP) is 22.0. The molecule has 14 rings (SSSR count). The second kappa shape index (κ2) is 23.7. The molecule has 0 radical (unpaired) electrons. The molecule has 7 heteroatoms. The molecule has 2 aromatic heterocycles. The fourth-order valence-electron chi connectivity index (χ4n) is 13.0. The van der Waals surface area contributed by atoms with E-state index in [9.17, 15) is 0 Å². The Bertz CT molecular complexity index is 4730. The fourth-order valence-corrected chi connectivity index (χ4v) is 20.2. The molecule has 0 unspecified atom stereocenters. The van der Waals surface area contributed by atoms with Gasteiger partial charge in [0.1, 0.15) is 0 Å². The molecule has 0 saturated carbocycles. The minimum atomic E-state index is -3.34. The van der Waals surface area contributed by atoms with Crippen molar-refractivity contribution < 1.29 is 0 Å². The van der Waals surface area contributed by atoms with E-state index in [0.29, 0.717) is 5.02 Å². The predicted molar refractivity (Wildman–Crippen MR) is 390 cm³/mol. The zero-order valence-electron chi connectivity index (χ0n) is 50.9. The maximum Gasteiger partial charge on any atom is 0.179 e. The number of thiophene rings is 2. The molecule has 14 aromatic rings. The van der Waals surface area contributed by atoms with Gasteiger partial charge in [-0.15, -0.1) is 22.7 Å². The number of anilines is 9. The quantitative estimate of drug-likeness (QED) is 0.0794. The van der Waals surface area contributed by atoms with Crippen LogP contribution in [0.15, 0.2) is 303 Å². The third-order valence-electron chi connectivity index (χ3n) is 17.4. The maximum atomic E-state index is 8.82. The Morgan fingerprint density at radius 2 is 0.798 bits per heavy atom. The van der Waals surface area contributed by atoms with Gasteiger partial charge in [0.05, 0.1) is 38.2 Å². The molecular weight excluding hydrogens is 1150 g/mol. The van der Waals surface area contributed by atoms with Crippen LogP contribution in [0.5, 0.6) is 0 Å². The topological polar surface area (TPSA) is 9.72 Å². The summed E-state index contributed by atoms with van der Waals surface area (Å²) in [5.74, 6) is 0. The van der Waals surface area contributed by atoms with Crippen LogP contribution in [0.25, 0.3) is 41.4 Å². The molecule has 0 N–H and O–H groups in total.